The lowest BCUT2D eigenvalue weighted by Gasteiger charge is -2.16. The highest BCUT2D eigenvalue weighted by molar-refractivity contribution is 7.88. The highest BCUT2D eigenvalue weighted by Gasteiger charge is 2.22. The summed E-state index contributed by atoms with van der Waals surface area (Å²) in [7, 11) is -3.19. The van der Waals surface area contributed by atoms with Crippen LogP contribution < -0.4 is 5.32 Å². The molecule has 0 amide bonds. The summed E-state index contributed by atoms with van der Waals surface area (Å²) in [6.45, 7) is 6.12. The lowest BCUT2D eigenvalue weighted by molar-refractivity contribution is 0.414. The van der Waals surface area contributed by atoms with E-state index in [0.717, 1.165) is 48.1 Å². The van der Waals surface area contributed by atoms with Gasteiger partial charge in [-0.15, -0.1) is 0 Å². The molecular weight excluding hydrogens is 340 g/mol. The van der Waals surface area contributed by atoms with E-state index in [1.165, 1.54) is 10.6 Å². The Morgan fingerprint density at radius 2 is 2.00 bits per heavy atom. The highest BCUT2D eigenvalue weighted by atomic mass is 32.2. The van der Waals surface area contributed by atoms with Gasteiger partial charge in [-0.1, -0.05) is 6.92 Å². The van der Waals surface area contributed by atoms with Crippen LogP contribution >= 0.6 is 0 Å². The monoisotopic (exact) mass is 364 g/mol. The second kappa shape index (κ2) is 7.09. The van der Waals surface area contributed by atoms with Crippen molar-refractivity contribution in [2.45, 2.75) is 46.3 Å². The number of aryl methyl sites for hydroxylation is 3. The van der Waals surface area contributed by atoms with Gasteiger partial charge in [-0.25, -0.2) is 18.4 Å². The lowest BCUT2D eigenvalue weighted by atomic mass is 10.3. The zero-order chi connectivity index (χ0) is 18.0. The van der Waals surface area contributed by atoms with Crippen LogP contribution in [0.5, 0.6) is 0 Å². The molecule has 0 atom stereocenters. The topological polar surface area (TPSA) is 93.0 Å². The number of nitrogens with one attached hydrogen (secondary N) is 1. The van der Waals surface area contributed by atoms with E-state index in [4.69, 9.17) is 0 Å². The molecule has 25 heavy (non-hydrogen) atoms. The third kappa shape index (κ3) is 4.35. The van der Waals surface area contributed by atoms with Crippen molar-refractivity contribution in [3.8, 4) is 0 Å². The molecule has 0 spiro atoms. The first-order chi connectivity index (χ1) is 11.8. The number of nitrogens with zero attached hydrogens (tertiary/aromatic N) is 5. The van der Waals surface area contributed by atoms with Gasteiger partial charge in [-0.3, -0.25) is 4.68 Å². The molecule has 0 unspecified atom stereocenters. The molecule has 0 aliphatic carbocycles. The zero-order valence-electron chi connectivity index (χ0n) is 14.9. The fourth-order valence-corrected chi connectivity index (χ4v) is 3.77. The number of sulfonamides is 1. The lowest BCUT2D eigenvalue weighted by Crippen LogP contribution is -2.29. The van der Waals surface area contributed by atoms with E-state index in [2.05, 4.69) is 27.3 Å². The molecule has 0 bridgehead atoms. The van der Waals surface area contributed by atoms with Gasteiger partial charge in [0.05, 0.1) is 30.7 Å². The number of hydrogen-bond donors (Lipinski definition) is 1. The number of fused-ring (bicyclic) bond motifs is 1. The van der Waals surface area contributed by atoms with E-state index in [-0.39, 0.29) is 0 Å². The molecule has 1 aliphatic heterocycles. The van der Waals surface area contributed by atoms with Crippen LogP contribution in [-0.4, -0.2) is 45.3 Å². The van der Waals surface area contributed by atoms with Gasteiger partial charge in [0.25, 0.3) is 0 Å². The van der Waals surface area contributed by atoms with Gasteiger partial charge in [0.15, 0.2) is 0 Å². The van der Waals surface area contributed by atoms with Gasteiger partial charge < -0.3 is 5.32 Å². The first kappa shape index (κ1) is 17.8. The van der Waals surface area contributed by atoms with E-state index in [0.29, 0.717) is 19.6 Å². The van der Waals surface area contributed by atoms with E-state index in [1.807, 2.05) is 23.7 Å². The van der Waals surface area contributed by atoms with Crippen molar-refractivity contribution < 1.29 is 8.42 Å². The second-order valence-corrected chi connectivity index (χ2v) is 8.28. The fourth-order valence-electron chi connectivity index (χ4n) is 2.94. The minimum atomic E-state index is -3.19. The average Bonchev–Trinajstić information content (AvgIpc) is 2.81. The Morgan fingerprint density at radius 3 is 2.72 bits per heavy atom. The first-order valence-electron chi connectivity index (χ1n) is 8.44. The quantitative estimate of drug-likeness (QED) is 0.860. The van der Waals surface area contributed by atoms with Crippen LogP contribution in [0.25, 0.3) is 0 Å². The van der Waals surface area contributed by atoms with Crippen molar-refractivity contribution in [3.63, 3.8) is 0 Å². The summed E-state index contributed by atoms with van der Waals surface area (Å²) in [5, 5.41) is 7.88. The van der Waals surface area contributed by atoms with Crippen molar-refractivity contribution in [2.24, 2.45) is 0 Å². The summed E-state index contributed by atoms with van der Waals surface area (Å²) >= 11 is 0. The molecule has 3 heterocycles. The van der Waals surface area contributed by atoms with Gasteiger partial charge in [-0.05, 0) is 25.8 Å². The van der Waals surface area contributed by atoms with Crippen LogP contribution in [0.1, 0.15) is 36.3 Å². The number of anilines is 1. The van der Waals surface area contributed by atoms with Crippen LogP contribution in [0.2, 0.25) is 0 Å². The Bertz CT molecular complexity index is 862. The summed E-state index contributed by atoms with van der Waals surface area (Å²) in [6, 6.07) is 3.91. The van der Waals surface area contributed by atoms with Crippen molar-refractivity contribution in [1.29, 1.82) is 0 Å². The Morgan fingerprint density at radius 1 is 1.20 bits per heavy atom. The summed E-state index contributed by atoms with van der Waals surface area (Å²) in [5.41, 5.74) is 2.80. The molecule has 0 radical (unpaired) electrons. The smallest absolute Gasteiger partial charge is 0.211 e. The maximum absolute atomic E-state index is 11.8. The first-order valence-corrected chi connectivity index (χ1v) is 10.3. The molecule has 0 saturated heterocycles. The summed E-state index contributed by atoms with van der Waals surface area (Å²) in [6.07, 6.45) is 2.88. The second-order valence-electron chi connectivity index (χ2n) is 6.30. The predicted molar refractivity (Wildman–Crippen MR) is 95.6 cm³/mol. The van der Waals surface area contributed by atoms with Crippen molar-refractivity contribution >= 4 is 15.8 Å². The molecule has 0 saturated carbocycles. The zero-order valence-corrected chi connectivity index (χ0v) is 15.7. The number of aromatic nitrogens is 4. The Hall–Kier alpha value is -2.00. The molecule has 9 heteroatoms. The summed E-state index contributed by atoms with van der Waals surface area (Å²) in [4.78, 5) is 8.76. The Balaban J connectivity index is 1.72. The highest BCUT2D eigenvalue weighted by Crippen LogP contribution is 2.17. The maximum atomic E-state index is 11.8. The van der Waals surface area contributed by atoms with E-state index >= 15 is 0 Å². The standard InChI is InChI=1S/C16H24N6O2S/c1-4-13-9-16(19-12(2)18-13)17-10-14-8-15-11-21(25(3,23)24)6-5-7-22(15)20-14/h8-9H,4-7,10-11H2,1-3H3,(H,17,18,19). The van der Waals surface area contributed by atoms with Gasteiger partial charge in [0, 0.05) is 24.8 Å². The van der Waals surface area contributed by atoms with Crippen LogP contribution in [0.3, 0.4) is 0 Å². The molecule has 3 rings (SSSR count). The third-order valence-electron chi connectivity index (χ3n) is 4.20. The maximum Gasteiger partial charge on any atom is 0.211 e. The minimum absolute atomic E-state index is 0.373. The van der Waals surface area contributed by atoms with Crippen molar-refractivity contribution in [2.75, 3.05) is 18.1 Å². The normalized spacial score (nSPS) is 15.6. The molecule has 1 aliphatic rings. The minimum Gasteiger partial charge on any atom is -0.364 e. The third-order valence-corrected chi connectivity index (χ3v) is 5.45. The van der Waals surface area contributed by atoms with E-state index in [1.54, 1.807) is 0 Å². The molecule has 136 valence electrons. The number of hydrogen-bond acceptors (Lipinski definition) is 6. The molecule has 2 aromatic rings. The molecular formula is C16H24N6O2S. The van der Waals surface area contributed by atoms with Crippen LogP contribution in [-0.2, 0) is 36.1 Å². The van der Waals surface area contributed by atoms with E-state index in [9.17, 15) is 8.42 Å². The predicted octanol–water partition coefficient (Wildman–Crippen LogP) is 1.32. The van der Waals surface area contributed by atoms with Crippen molar-refractivity contribution in [1.82, 2.24) is 24.1 Å². The van der Waals surface area contributed by atoms with Crippen LogP contribution in [0.4, 0.5) is 5.82 Å². The van der Waals surface area contributed by atoms with Gasteiger partial charge in [0.1, 0.15) is 11.6 Å². The van der Waals surface area contributed by atoms with Crippen LogP contribution in [0, 0.1) is 6.92 Å². The van der Waals surface area contributed by atoms with E-state index < -0.39 is 10.0 Å². The molecule has 2 aromatic heterocycles. The largest absolute Gasteiger partial charge is 0.364 e. The Kier molecular flexibility index (Phi) is 5.05. The molecule has 1 N–H and O–H groups in total. The summed E-state index contributed by atoms with van der Waals surface area (Å²) in [5.74, 6) is 1.52. The van der Waals surface area contributed by atoms with Crippen molar-refractivity contribution in [3.05, 3.63) is 35.0 Å². The van der Waals surface area contributed by atoms with Gasteiger partial charge in [-0.2, -0.15) is 9.40 Å². The SMILES string of the molecule is CCc1cc(NCc2cc3n(n2)CCCN(S(C)(=O)=O)C3)nc(C)n1. The van der Waals surface area contributed by atoms with Gasteiger partial charge in [0.2, 0.25) is 10.0 Å². The molecule has 0 aromatic carbocycles. The average molecular weight is 364 g/mol. The van der Waals surface area contributed by atoms with Crippen LogP contribution in [0.15, 0.2) is 12.1 Å². The molecule has 0 fully saturated rings. The number of rotatable bonds is 5. The Labute approximate surface area is 148 Å². The fraction of sp³-hybridized carbons (Fsp3) is 0.562. The van der Waals surface area contributed by atoms with Gasteiger partial charge >= 0.3 is 0 Å². The summed E-state index contributed by atoms with van der Waals surface area (Å²) < 4.78 is 27.1. The molecule has 8 nitrogen and oxygen atoms in total.